The van der Waals surface area contributed by atoms with Crippen molar-refractivity contribution in [1.29, 1.82) is 5.26 Å². The van der Waals surface area contributed by atoms with Crippen LogP contribution in [0.2, 0.25) is 0 Å². The van der Waals surface area contributed by atoms with E-state index < -0.39 is 29.6 Å². The van der Waals surface area contributed by atoms with Crippen LogP contribution in [0.1, 0.15) is 32.3 Å². The number of nitrogens with one attached hydrogen (secondary N) is 2. The van der Waals surface area contributed by atoms with E-state index in [0.29, 0.717) is 16.6 Å². The number of carbonyl (C=O) groups is 1. The van der Waals surface area contributed by atoms with E-state index in [1.165, 1.54) is 12.1 Å². The van der Waals surface area contributed by atoms with Crippen LogP contribution in [0.25, 0.3) is 22.3 Å². The van der Waals surface area contributed by atoms with Crippen LogP contribution in [-0.2, 0) is 4.79 Å². The first-order chi connectivity index (χ1) is 14.8. The maximum atomic E-state index is 14.9. The molecule has 31 heavy (non-hydrogen) atoms. The Balaban J connectivity index is 1.80. The van der Waals surface area contributed by atoms with Gasteiger partial charge in [0.2, 0.25) is 0 Å². The van der Waals surface area contributed by atoms with Gasteiger partial charge in [0.05, 0.1) is 29.4 Å². The molecule has 1 aliphatic carbocycles. The molecular weight excluding hydrogens is 404 g/mol. The number of aliphatic carboxylic acids is 1. The molecule has 4 atom stereocenters. The van der Waals surface area contributed by atoms with Crippen molar-refractivity contribution in [2.75, 3.05) is 5.32 Å². The third-order valence-corrected chi connectivity index (χ3v) is 6.16. The first-order valence-electron chi connectivity index (χ1n) is 10.0. The molecule has 2 heterocycles. The number of hydrogen-bond acceptors (Lipinski definition) is 5. The molecule has 3 unspecified atom stereocenters. The Hall–Kier alpha value is -3.54. The smallest absolute Gasteiger partial charge is 0.308 e. The molecule has 2 aromatic heterocycles. The number of benzene rings is 1. The van der Waals surface area contributed by atoms with E-state index >= 15 is 0 Å². The number of aromatic amines is 1. The summed E-state index contributed by atoms with van der Waals surface area (Å²) in [7, 11) is 0. The van der Waals surface area contributed by atoms with Gasteiger partial charge in [-0.1, -0.05) is 13.8 Å². The van der Waals surface area contributed by atoms with E-state index in [-0.39, 0.29) is 28.8 Å². The van der Waals surface area contributed by atoms with Crippen molar-refractivity contribution in [3.63, 3.8) is 0 Å². The molecule has 3 N–H and O–H groups in total. The predicted molar refractivity (Wildman–Crippen MR) is 110 cm³/mol. The number of nitriles is 1. The first kappa shape index (κ1) is 20.7. The summed E-state index contributed by atoms with van der Waals surface area (Å²) in [6, 6.07) is 5.22. The van der Waals surface area contributed by atoms with Gasteiger partial charge in [0.15, 0.2) is 5.65 Å². The number of aromatic nitrogens is 3. The standard InChI is InChI=1S/C22H21F2N5O2/c1-10-3-4-11(2)19(18(10)22(30)31)27-17-7-14(12(8-25)5-16(17)24)20-15-6-13(23)9-26-21(15)29-28-20/h5-7,9-11,18-19,27H,3-4H2,1-2H3,(H,30,31)(H,26,28,29)/t10?,11?,18?,19-/m1/s1. The molecule has 3 aromatic rings. The number of H-pyrrole nitrogens is 1. The van der Waals surface area contributed by atoms with E-state index in [4.69, 9.17) is 0 Å². The summed E-state index contributed by atoms with van der Waals surface area (Å²) < 4.78 is 28.6. The second-order valence-electron chi connectivity index (χ2n) is 8.18. The normalized spacial score (nSPS) is 23.5. The fourth-order valence-corrected chi connectivity index (χ4v) is 4.46. The van der Waals surface area contributed by atoms with Crippen LogP contribution < -0.4 is 5.32 Å². The largest absolute Gasteiger partial charge is 0.481 e. The minimum atomic E-state index is -0.925. The fraction of sp³-hybridized carbons (Fsp3) is 0.364. The molecule has 7 nitrogen and oxygen atoms in total. The second kappa shape index (κ2) is 7.95. The van der Waals surface area contributed by atoms with Crippen molar-refractivity contribution in [2.45, 2.75) is 32.7 Å². The second-order valence-corrected chi connectivity index (χ2v) is 8.18. The Kier molecular flexibility index (Phi) is 5.31. The van der Waals surface area contributed by atoms with Gasteiger partial charge in [-0.15, -0.1) is 0 Å². The third kappa shape index (κ3) is 3.69. The number of carboxylic acid groups (broad SMARTS) is 1. The number of pyridine rings is 1. The van der Waals surface area contributed by atoms with Crippen LogP contribution in [0.15, 0.2) is 24.4 Å². The van der Waals surface area contributed by atoms with Crippen LogP contribution in [0.5, 0.6) is 0 Å². The molecule has 1 saturated carbocycles. The van der Waals surface area contributed by atoms with E-state index in [2.05, 4.69) is 20.5 Å². The maximum Gasteiger partial charge on any atom is 0.308 e. The number of hydrogen-bond donors (Lipinski definition) is 3. The van der Waals surface area contributed by atoms with Crippen molar-refractivity contribution in [1.82, 2.24) is 15.2 Å². The van der Waals surface area contributed by atoms with Gasteiger partial charge in [-0.05, 0) is 42.9 Å². The molecular formula is C22H21F2N5O2. The molecule has 0 saturated heterocycles. The van der Waals surface area contributed by atoms with Gasteiger partial charge in [-0.3, -0.25) is 9.89 Å². The molecule has 4 rings (SSSR count). The predicted octanol–water partition coefficient (Wildman–Crippen LogP) is 4.32. The summed E-state index contributed by atoms with van der Waals surface area (Å²) >= 11 is 0. The summed E-state index contributed by atoms with van der Waals surface area (Å²) in [5, 5.41) is 29.6. The molecule has 9 heteroatoms. The fourth-order valence-electron chi connectivity index (χ4n) is 4.46. The highest BCUT2D eigenvalue weighted by Crippen LogP contribution is 2.38. The Morgan fingerprint density at radius 2 is 2.00 bits per heavy atom. The monoisotopic (exact) mass is 425 g/mol. The van der Waals surface area contributed by atoms with Crippen molar-refractivity contribution in [2.24, 2.45) is 17.8 Å². The molecule has 0 aliphatic heterocycles. The topological polar surface area (TPSA) is 115 Å². The van der Waals surface area contributed by atoms with Gasteiger partial charge in [-0.25, -0.2) is 13.8 Å². The van der Waals surface area contributed by atoms with Crippen LogP contribution >= 0.6 is 0 Å². The van der Waals surface area contributed by atoms with Gasteiger partial charge in [0.25, 0.3) is 0 Å². The molecule has 0 radical (unpaired) electrons. The Morgan fingerprint density at radius 3 is 2.71 bits per heavy atom. The highest BCUT2D eigenvalue weighted by atomic mass is 19.1. The molecule has 0 spiro atoms. The highest BCUT2D eigenvalue weighted by Gasteiger charge is 2.40. The number of nitrogens with zero attached hydrogens (tertiary/aromatic N) is 3. The Labute approximate surface area is 177 Å². The average Bonchev–Trinajstić information content (AvgIpc) is 3.14. The van der Waals surface area contributed by atoms with Gasteiger partial charge in [0.1, 0.15) is 17.3 Å². The molecule has 1 aromatic carbocycles. The lowest BCUT2D eigenvalue weighted by Gasteiger charge is -2.39. The zero-order chi connectivity index (χ0) is 22.3. The van der Waals surface area contributed by atoms with Crippen molar-refractivity contribution >= 4 is 22.7 Å². The van der Waals surface area contributed by atoms with Crippen molar-refractivity contribution in [3.05, 3.63) is 41.6 Å². The summed E-state index contributed by atoms with van der Waals surface area (Å²) in [4.78, 5) is 15.8. The van der Waals surface area contributed by atoms with E-state index in [1.807, 2.05) is 19.9 Å². The highest BCUT2D eigenvalue weighted by molar-refractivity contribution is 5.93. The van der Waals surface area contributed by atoms with Crippen LogP contribution in [0, 0.1) is 40.7 Å². The number of carboxylic acids is 1. The van der Waals surface area contributed by atoms with E-state index in [1.54, 1.807) is 0 Å². The third-order valence-electron chi connectivity index (χ3n) is 6.16. The SMILES string of the molecule is CC1CCC(C)[C@@H](Nc2cc(-c3n[nH]c4ncc(F)cc34)c(C#N)cc2F)C1C(=O)O. The lowest BCUT2D eigenvalue weighted by Crippen LogP contribution is -2.46. The number of rotatable bonds is 4. The van der Waals surface area contributed by atoms with Gasteiger partial charge in [-0.2, -0.15) is 10.4 Å². The van der Waals surface area contributed by atoms with Gasteiger partial charge in [0, 0.05) is 17.0 Å². The van der Waals surface area contributed by atoms with Crippen LogP contribution in [0.4, 0.5) is 14.5 Å². The number of halogens is 2. The van der Waals surface area contributed by atoms with Gasteiger partial charge < -0.3 is 10.4 Å². The Bertz CT molecular complexity index is 1200. The summed E-state index contributed by atoms with van der Waals surface area (Å²) in [6.45, 7) is 3.83. The van der Waals surface area contributed by atoms with Crippen molar-refractivity contribution < 1.29 is 18.7 Å². The quantitative estimate of drug-likeness (QED) is 0.573. The lowest BCUT2D eigenvalue weighted by molar-refractivity contribution is -0.145. The number of anilines is 1. The zero-order valence-electron chi connectivity index (χ0n) is 17.0. The Morgan fingerprint density at radius 1 is 1.26 bits per heavy atom. The minimum absolute atomic E-state index is 0.0142. The molecule has 1 fully saturated rings. The van der Waals surface area contributed by atoms with Crippen molar-refractivity contribution in [3.8, 4) is 17.3 Å². The van der Waals surface area contributed by atoms with E-state index in [9.17, 15) is 23.9 Å². The molecule has 0 bridgehead atoms. The lowest BCUT2D eigenvalue weighted by atomic mass is 9.71. The van der Waals surface area contributed by atoms with Gasteiger partial charge >= 0.3 is 5.97 Å². The number of fused-ring (bicyclic) bond motifs is 1. The summed E-state index contributed by atoms with van der Waals surface area (Å²) in [5.41, 5.74) is 1.00. The maximum absolute atomic E-state index is 14.9. The minimum Gasteiger partial charge on any atom is -0.481 e. The molecule has 0 amide bonds. The summed E-state index contributed by atoms with van der Waals surface area (Å²) in [6.07, 6.45) is 2.66. The molecule has 160 valence electrons. The summed E-state index contributed by atoms with van der Waals surface area (Å²) in [5.74, 6) is -2.88. The average molecular weight is 425 g/mol. The van der Waals surface area contributed by atoms with Crippen LogP contribution in [0.3, 0.4) is 0 Å². The zero-order valence-corrected chi connectivity index (χ0v) is 17.0. The first-order valence-corrected chi connectivity index (χ1v) is 10.0. The van der Waals surface area contributed by atoms with Crippen LogP contribution in [-0.4, -0.2) is 32.3 Å². The molecule has 1 aliphatic rings. The van der Waals surface area contributed by atoms with E-state index in [0.717, 1.165) is 25.1 Å².